The van der Waals surface area contributed by atoms with Crippen molar-refractivity contribution in [2.24, 2.45) is 0 Å². The summed E-state index contributed by atoms with van der Waals surface area (Å²) in [6, 6.07) is 4.26. The van der Waals surface area contributed by atoms with E-state index in [4.69, 9.17) is 5.26 Å². The van der Waals surface area contributed by atoms with Crippen molar-refractivity contribution >= 4 is 5.65 Å². The molecule has 0 bridgehead atoms. The number of rotatable bonds is 4. The molecule has 1 atom stereocenters. The zero-order valence-electron chi connectivity index (χ0n) is 10.9. The van der Waals surface area contributed by atoms with Crippen LogP contribution >= 0.6 is 0 Å². The van der Waals surface area contributed by atoms with Gasteiger partial charge in [-0.05, 0) is 20.8 Å². The number of nitrogens with one attached hydrogen (secondary N) is 1. The second kappa shape index (κ2) is 5.15. The van der Waals surface area contributed by atoms with Crippen molar-refractivity contribution in [1.29, 1.82) is 5.26 Å². The molecule has 0 fully saturated rings. The van der Waals surface area contributed by atoms with E-state index in [0.717, 1.165) is 22.6 Å². The molecule has 0 aliphatic carbocycles. The van der Waals surface area contributed by atoms with Gasteiger partial charge in [0, 0.05) is 42.5 Å². The molecule has 0 aliphatic rings. The van der Waals surface area contributed by atoms with E-state index in [1.165, 1.54) is 0 Å². The molecule has 18 heavy (non-hydrogen) atoms. The van der Waals surface area contributed by atoms with Crippen LogP contribution in [0.15, 0.2) is 12.3 Å². The SMILES string of the molecule is Cc1cc2ncc(C(C)NCCC#N)c(C)n2n1. The van der Waals surface area contributed by atoms with Crippen LogP contribution < -0.4 is 5.32 Å². The highest BCUT2D eigenvalue weighted by molar-refractivity contribution is 5.42. The lowest BCUT2D eigenvalue weighted by molar-refractivity contribution is 0.573. The van der Waals surface area contributed by atoms with E-state index in [-0.39, 0.29) is 6.04 Å². The molecule has 0 aliphatic heterocycles. The van der Waals surface area contributed by atoms with E-state index in [2.05, 4.69) is 28.4 Å². The molecule has 5 heteroatoms. The van der Waals surface area contributed by atoms with Crippen molar-refractivity contribution in [2.45, 2.75) is 33.2 Å². The van der Waals surface area contributed by atoms with E-state index >= 15 is 0 Å². The highest BCUT2D eigenvalue weighted by Crippen LogP contribution is 2.17. The second-order valence-corrected chi connectivity index (χ2v) is 4.44. The fourth-order valence-electron chi connectivity index (χ4n) is 2.06. The minimum absolute atomic E-state index is 0.166. The molecule has 0 saturated heterocycles. The first-order valence-corrected chi connectivity index (χ1v) is 6.05. The number of fused-ring (bicyclic) bond motifs is 1. The lowest BCUT2D eigenvalue weighted by atomic mass is 10.1. The van der Waals surface area contributed by atoms with Crippen LogP contribution in [0.2, 0.25) is 0 Å². The Bertz CT molecular complexity index is 593. The predicted molar refractivity (Wildman–Crippen MR) is 69.1 cm³/mol. The first-order valence-electron chi connectivity index (χ1n) is 6.05. The normalized spacial score (nSPS) is 12.6. The van der Waals surface area contributed by atoms with Crippen molar-refractivity contribution in [2.75, 3.05) is 6.54 Å². The van der Waals surface area contributed by atoms with Gasteiger partial charge in [-0.15, -0.1) is 0 Å². The molecule has 1 unspecified atom stereocenters. The first kappa shape index (κ1) is 12.5. The van der Waals surface area contributed by atoms with E-state index in [1.807, 2.05) is 30.6 Å². The molecule has 0 saturated carbocycles. The summed E-state index contributed by atoms with van der Waals surface area (Å²) in [5, 5.41) is 16.3. The maximum atomic E-state index is 8.53. The van der Waals surface area contributed by atoms with Crippen molar-refractivity contribution in [3.8, 4) is 6.07 Å². The van der Waals surface area contributed by atoms with Gasteiger partial charge >= 0.3 is 0 Å². The molecule has 2 rings (SSSR count). The molecule has 2 aromatic rings. The Morgan fingerprint density at radius 3 is 3.00 bits per heavy atom. The van der Waals surface area contributed by atoms with Crippen LogP contribution in [0.1, 0.15) is 36.3 Å². The molecule has 0 amide bonds. The second-order valence-electron chi connectivity index (χ2n) is 4.44. The molecule has 5 nitrogen and oxygen atoms in total. The lowest BCUT2D eigenvalue weighted by Gasteiger charge is -2.15. The third-order valence-corrected chi connectivity index (χ3v) is 3.04. The van der Waals surface area contributed by atoms with Crippen molar-refractivity contribution < 1.29 is 0 Å². The monoisotopic (exact) mass is 243 g/mol. The smallest absolute Gasteiger partial charge is 0.155 e. The first-order chi connectivity index (χ1) is 8.63. The van der Waals surface area contributed by atoms with E-state index in [0.29, 0.717) is 13.0 Å². The van der Waals surface area contributed by atoms with Gasteiger partial charge in [0.15, 0.2) is 5.65 Å². The Balaban J connectivity index is 2.28. The Hall–Kier alpha value is -1.93. The third kappa shape index (κ3) is 2.34. The van der Waals surface area contributed by atoms with Crippen LogP contribution in [0, 0.1) is 25.2 Å². The molecule has 1 N–H and O–H groups in total. The molecule has 94 valence electrons. The molecule has 0 radical (unpaired) electrons. The van der Waals surface area contributed by atoms with Gasteiger partial charge in [-0.3, -0.25) is 0 Å². The van der Waals surface area contributed by atoms with Crippen LogP contribution in [0.4, 0.5) is 0 Å². The fourth-order valence-corrected chi connectivity index (χ4v) is 2.06. The fraction of sp³-hybridized carbons (Fsp3) is 0.462. The van der Waals surface area contributed by atoms with E-state index in [1.54, 1.807) is 0 Å². The summed E-state index contributed by atoms with van der Waals surface area (Å²) >= 11 is 0. The minimum Gasteiger partial charge on any atom is -0.309 e. The van der Waals surface area contributed by atoms with Crippen molar-refractivity contribution in [3.63, 3.8) is 0 Å². The number of aromatic nitrogens is 3. The van der Waals surface area contributed by atoms with Gasteiger partial charge in [-0.1, -0.05) is 0 Å². The Labute approximate surface area is 106 Å². The van der Waals surface area contributed by atoms with Crippen LogP contribution in [-0.4, -0.2) is 21.1 Å². The number of nitriles is 1. The molecule has 2 heterocycles. The predicted octanol–water partition coefficient (Wildman–Crippen LogP) is 1.91. The molecule has 2 aromatic heterocycles. The maximum absolute atomic E-state index is 8.53. The quantitative estimate of drug-likeness (QED) is 0.833. The average Bonchev–Trinajstić information content (AvgIpc) is 2.71. The number of hydrogen-bond acceptors (Lipinski definition) is 4. The average molecular weight is 243 g/mol. The topological polar surface area (TPSA) is 66.0 Å². The maximum Gasteiger partial charge on any atom is 0.155 e. The van der Waals surface area contributed by atoms with E-state index < -0.39 is 0 Å². The summed E-state index contributed by atoms with van der Waals surface area (Å²) in [5.41, 5.74) is 4.04. The highest BCUT2D eigenvalue weighted by atomic mass is 15.3. The Morgan fingerprint density at radius 1 is 1.50 bits per heavy atom. The summed E-state index contributed by atoms with van der Waals surface area (Å²) < 4.78 is 1.87. The van der Waals surface area contributed by atoms with Gasteiger partial charge in [0.1, 0.15) is 0 Å². The third-order valence-electron chi connectivity index (χ3n) is 3.04. The zero-order valence-corrected chi connectivity index (χ0v) is 10.9. The van der Waals surface area contributed by atoms with Crippen molar-refractivity contribution in [3.05, 3.63) is 29.2 Å². The number of aryl methyl sites for hydroxylation is 2. The van der Waals surface area contributed by atoms with Gasteiger partial charge in [-0.25, -0.2) is 9.50 Å². The Morgan fingerprint density at radius 2 is 2.28 bits per heavy atom. The highest BCUT2D eigenvalue weighted by Gasteiger charge is 2.12. The van der Waals surface area contributed by atoms with E-state index in [9.17, 15) is 0 Å². The van der Waals surface area contributed by atoms with Crippen molar-refractivity contribution in [1.82, 2.24) is 19.9 Å². The van der Waals surface area contributed by atoms with Gasteiger partial charge in [0.2, 0.25) is 0 Å². The lowest BCUT2D eigenvalue weighted by Crippen LogP contribution is -2.21. The van der Waals surface area contributed by atoms with Crippen LogP contribution in [0.3, 0.4) is 0 Å². The van der Waals surface area contributed by atoms with Crippen LogP contribution in [-0.2, 0) is 0 Å². The van der Waals surface area contributed by atoms with Crippen LogP contribution in [0.25, 0.3) is 5.65 Å². The standard InChI is InChI=1S/C13H17N5/c1-9-7-13-16-8-12(11(3)18(13)17-9)10(2)15-6-4-5-14/h7-8,10,15H,4,6H2,1-3H3. The number of hydrogen-bond donors (Lipinski definition) is 1. The summed E-state index contributed by atoms with van der Waals surface area (Å²) in [5.74, 6) is 0. The molecular formula is C13H17N5. The molecular weight excluding hydrogens is 226 g/mol. The summed E-state index contributed by atoms with van der Waals surface area (Å²) in [6.07, 6.45) is 2.40. The van der Waals surface area contributed by atoms with Gasteiger partial charge in [-0.2, -0.15) is 10.4 Å². The number of nitrogens with zero attached hydrogens (tertiary/aromatic N) is 4. The summed E-state index contributed by atoms with van der Waals surface area (Å²) in [4.78, 5) is 4.41. The largest absolute Gasteiger partial charge is 0.309 e. The van der Waals surface area contributed by atoms with Gasteiger partial charge < -0.3 is 5.32 Å². The summed E-state index contributed by atoms with van der Waals surface area (Å²) in [6.45, 7) is 6.76. The van der Waals surface area contributed by atoms with Crippen LogP contribution in [0.5, 0.6) is 0 Å². The minimum atomic E-state index is 0.166. The Kier molecular flexibility index (Phi) is 3.58. The van der Waals surface area contributed by atoms with Gasteiger partial charge in [0.05, 0.1) is 11.8 Å². The molecule has 0 spiro atoms. The molecule has 0 aromatic carbocycles. The van der Waals surface area contributed by atoms with Gasteiger partial charge in [0.25, 0.3) is 0 Å². The zero-order chi connectivity index (χ0) is 13.1. The summed E-state index contributed by atoms with van der Waals surface area (Å²) in [7, 11) is 0.